The van der Waals surface area contributed by atoms with Crippen molar-refractivity contribution in [2.45, 2.75) is 13.0 Å². The first-order valence-electron chi connectivity index (χ1n) is 9.27. The van der Waals surface area contributed by atoms with Crippen molar-refractivity contribution >= 4 is 28.4 Å². The first kappa shape index (κ1) is 21.6. The Kier molecular flexibility index (Phi) is 6.59. The Labute approximate surface area is 177 Å². The lowest BCUT2D eigenvalue weighted by molar-refractivity contribution is -0.124. The zero-order valence-corrected chi connectivity index (χ0v) is 17.6. The van der Waals surface area contributed by atoms with Crippen molar-refractivity contribution in [2.75, 3.05) is 27.4 Å². The maximum absolute atomic E-state index is 13.4. The summed E-state index contributed by atoms with van der Waals surface area (Å²) in [6, 6.07) is 10.3. The van der Waals surface area contributed by atoms with Crippen molar-refractivity contribution < 1.29 is 14.3 Å². The molecule has 0 spiro atoms. The van der Waals surface area contributed by atoms with E-state index >= 15 is 0 Å². The zero-order chi connectivity index (χ0) is 21.8. The molecule has 0 bridgehead atoms. The fraction of sp³-hybridized carbons (Fsp3) is 0.286. The number of fused-ring (bicyclic) bond motifs is 1. The molecule has 30 heavy (non-hydrogen) atoms. The minimum absolute atomic E-state index is 0.262. The van der Waals surface area contributed by atoms with Gasteiger partial charge in [0.15, 0.2) is 0 Å². The number of ether oxygens (including phenoxy) is 2. The van der Waals surface area contributed by atoms with Crippen LogP contribution in [0.3, 0.4) is 0 Å². The first-order chi connectivity index (χ1) is 14.4. The zero-order valence-electron chi connectivity index (χ0n) is 16.8. The van der Waals surface area contributed by atoms with E-state index in [1.165, 1.54) is 24.9 Å². The molecule has 3 rings (SSSR count). The summed E-state index contributed by atoms with van der Waals surface area (Å²) in [6.45, 7) is 2.22. The van der Waals surface area contributed by atoms with E-state index in [9.17, 15) is 14.4 Å². The van der Waals surface area contributed by atoms with Crippen LogP contribution in [0.15, 0.2) is 52.1 Å². The highest BCUT2D eigenvalue weighted by Crippen LogP contribution is 2.20. The molecule has 0 aliphatic heterocycles. The second-order valence-electron chi connectivity index (χ2n) is 6.62. The van der Waals surface area contributed by atoms with Gasteiger partial charge < -0.3 is 14.8 Å². The predicted molar refractivity (Wildman–Crippen MR) is 115 cm³/mol. The second-order valence-corrected chi connectivity index (χ2v) is 7.05. The van der Waals surface area contributed by atoms with Gasteiger partial charge in [-0.3, -0.25) is 14.2 Å². The minimum Gasteiger partial charge on any atom is -0.497 e. The quantitative estimate of drug-likeness (QED) is 0.579. The van der Waals surface area contributed by atoms with Crippen LogP contribution in [0.5, 0.6) is 5.75 Å². The maximum Gasteiger partial charge on any atom is 0.336 e. The summed E-state index contributed by atoms with van der Waals surface area (Å²) >= 11 is 6.12. The lowest BCUT2D eigenvalue weighted by Crippen LogP contribution is -2.44. The molecule has 0 aliphatic carbocycles. The summed E-state index contributed by atoms with van der Waals surface area (Å²) in [6.07, 6.45) is 0. The molecule has 1 amide bonds. The van der Waals surface area contributed by atoms with Gasteiger partial charge in [0.2, 0.25) is 5.91 Å². The van der Waals surface area contributed by atoms with E-state index in [0.29, 0.717) is 29.6 Å². The second kappa shape index (κ2) is 9.15. The van der Waals surface area contributed by atoms with Gasteiger partial charge in [0.1, 0.15) is 11.8 Å². The molecular weight excluding hydrogens is 410 g/mol. The third-order valence-corrected chi connectivity index (χ3v) is 4.97. The van der Waals surface area contributed by atoms with Gasteiger partial charge in [-0.25, -0.2) is 9.36 Å². The smallest absolute Gasteiger partial charge is 0.336 e. The summed E-state index contributed by atoms with van der Waals surface area (Å²) in [5.74, 6) is 0.109. The van der Waals surface area contributed by atoms with Crippen molar-refractivity contribution in [2.24, 2.45) is 0 Å². The van der Waals surface area contributed by atoms with Crippen LogP contribution in [0.25, 0.3) is 16.6 Å². The van der Waals surface area contributed by atoms with Crippen molar-refractivity contribution in [3.8, 4) is 11.4 Å². The maximum atomic E-state index is 13.4. The van der Waals surface area contributed by atoms with E-state index in [4.69, 9.17) is 21.1 Å². The lowest BCUT2D eigenvalue weighted by Gasteiger charge is -2.20. The van der Waals surface area contributed by atoms with Gasteiger partial charge >= 0.3 is 5.69 Å². The molecule has 0 saturated heterocycles. The number of benzene rings is 2. The van der Waals surface area contributed by atoms with Crippen LogP contribution in [0.2, 0.25) is 5.02 Å². The van der Waals surface area contributed by atoms with E-state index < -0.39 is 17.3 Å². The highest BCUT2D eigenvalue weighted by molar-refractivity contribution is 6.31. The topological polar surface area (TPSA) is 91.6 Å². The Morgan fingerprint density at radius 1 is 1.17 bits per heavy atom. The predicted octanol–water partition coefficient (Wildman–Crippen LogP) is 2.14. The molecule has 1 atom stereocenters. The molecule has 1 heterocycles. The number of nitrogens with one attached hydrogen (secondary N) is 1. The number of carbonyl (C=O) groups excluding carboxylic acids is 1. The molecule has 9 heteroatoms. The summed E-state index contributed by atoms with van der Waals surface area (Å²) < 4.78 is 12.4. The highest BCUT2D eigenvalue weighted by Gasteiger charge is 2.23. The summed E-state index contributed by atoms with van der Waals surface area (Å²) in [5.41, 5.74) is -0.548. The Morgan fingerprint density at radius 3 is 2.63 bits per heavy atom. The average molecular weight is 432 g/mol. The fourth-order valence-corrected chi connectivity index (χ4v) is 3.36. The molecule has 1 aromatic heterocycles. The van der Waals surface area contributed by atoms with Gasteiger partial charge in [0.05, 0.1) is 30.3 Å². The van der Waals surface area contributed by atoms with Crippen LogP contribution in [-0.2, 0) is 9.53 Å². The molecule has 1 N–H and O–H groups in total. The van der Waals surface area contributed by atoms with Crippen molar-refractivity contribution in [1.29, 1.82) is 0 Å². The molecule has 3 aromatic rings. The van der Waals surface area contributed by atoms with Gasteiger partial charge in [0, 0.05) is 24.7 Å². The minimum atomic E-state index is -0.896. The Bertz CT molecular complexity index is 1200. The summed E-state index contributed by atoms with van der Waals surface area (Å²) in [4.78, 5) is 39.3. The molecular formula is C21H22ClN3O5. The number of hydrogen-bond donors (Lipinski definition) is 1. The Hall–Kier alpha value is -3.10. The number of halogens is 1. The molecule has 0 radical (unpaired) electrons. The van der Waals surface area contributed by atoms with Crippen LogP contribution in [-0.4, -0.2) is 42.4 Å². The van der Waals surface area contributed by atoms with Crippen molar-refractivity contribution in [3.63, 3.8) is 0 Å². The van der Waals surface area contributed by atoms with E-state index in [1.807, 2.05) is 0 Å². The van der Waals surface area contributed by atoms with Crippen molar-refractivity contribution in [1.82, 2.24) is 14.5 Å². The van der Waals surface area contributed by atoms with E-state index in [2.05, 4.69) is 5.32 Å². The molecule has 0 saturated carbocycles. The van der Waals surface area contributed by atoms with Gasteiger partial charge in [-0.1, -0.05) is 17.7 Å². The van der Waals surface area contributed by atoms with Crippen LogP contribution >= 0.6 is 11.6 Å². The van der Waals surface area contributed by atoms with E-state index in [0.717, 1.165) is 4.57 Å². The number of carbonyl (C=O) groups is 1. The van der Waals surface area contributed by atoms with Crippen LogP contribution < -0.4 is 21.3 Å². The van der Waals surface area contributed by atoms with Crippen LogP contribution in [0.4, 0.5) is 0 Å². The number of aromatic nitrogens is 2. The number of amides is 1. The van der Waals surface area contributed by atoms with Gasteiger partial charge in [-0.2, -0.15) is 0 Å². The Balaban J connectivity index is 2.27. The number of methoxy groups -OCH3 is 2. The lowest BCUT2D eigenvalue weighted by atomic mass is 10.2. The third kappa shape index (κ3) is 4.10. The van der Waals surface area contributed by atoms with E-state index in [-0.39, 0.29) is 16.8 Å². The van der Waals surface area contributed by atoms with Gasteiger partial charge in [-0.05, 0) is 37.3 Å². The van der Waals surface area contributed by atoms with Crippen LogP contribution in [0, 0.1) is 0 Å². The highest BCUT2D eigenvalue weighted by atomic mass is 35.5. The largest absolute Gasteiger partial charge is 0.497 e. The molecule has 1 unspecified atom stereocenters. The first-order valence-corrected chi connectivity index (χ1v) is 9.64. The number of hydrogen-bond acceptors (Lipinski definition) is 5. The summed E-state index contributed by atoms with van der Waals surface area (Å²) in [7, 11) is 3.02. The molecule has 0 fully saturated rings. The molecule has 158 valence electrons. The van der Waals surface area contributed by atoms with E-state index in [1.54, 1.807) is 43.3 Å². The molecule has 0 aliphatic rings. The Morgan fingerprint density at radius 2 is 1.93 bits per heavy atom. The van der Waals surface area contributed by atoms with Crippen molar-refractivity contribution in [3.05, 3.63) is 68.3 Å². The molecule has 2 aromatic carbocycles. The third-order valence-electron chi connectivity index (χ3n) is 4.73. The number of rotatable bonds is 7. The SMILES string of the molecule is COCCNC(=O)C(C)n1c(=O)n(-c2cccc(OC)c2)c(=O)c2ccc(Cl)cc21. The monoisotopic (exact) mass is 431 g/mol. The fourth-order valence-electron chi connectivity index (χ4n) is 3.20. The van der Waals surface area contributed by atoms with Gasteiger partial charge in [0.25, 0.3) is 5.56 Å². The normalized spacial score (nSPS) is 12.0. The standard InChI is InChI=1S/C21H22ClN3O5/c1-13(19(26)23-9-10-29-2)24-18-11-14(22)7-8-17(18)20(27)25(21(24)28)15-5-4-6-16(12-15)30-3/h4-8,11-13H,9-10H2,1-3H3,(H,23,26). The van der Waals surface area contributed by atoms with Gasteiger partial charge in [-0.15, -0.1) is 0 Å². The summed E-state index contributed by atoms with van der Waals surface area (Å²) in [5, 5.41) is 3.33. The molecule has 8 nitrogen and oxygen atoms in total. The number of nitrogens with zero attached hydrogens (tertiary/aromatic N) is 2. The average Bonchev–Trinajstić information content (AvgIpc) is 2.73. The van der Waals surface area contributed by atoms with Crippen LogP contribution in [0.1, 0.15) is 13.0 Å².